The molecule has 0 unspecified atom stereocenters. The van der Waals surface area contributed by atoms with E-state index in [1.165, 1.54) is 0 Å². The fourth-order valence-corrected chi connectivity index (χ4v) is 3.23. The maximum atomic E-state index is 4.71. The first-order valence-electron chi connectivity index (χ1n) is 6.55. The molecule has 6 heteroatoms. The normalized spacial score (nSPS) is 10.6. The predicted octanol–water partition coefficient (Wildman–Crippen LogP) is 4.30. The van der Waals surface area contributed by atoms with Crippen LogP contribution in [0, 0.1) is 3.57 Å². The predicted molar refractivity (Wildman–Crippen MR) is 95.5 cm³/mol. The Morgan fingerprint density at radius 3 is 2.67 bits per heavy atom. The molecule has 3 rings (SSSR count). The average molecular weight is 408 g/mol. The molecule has 4 nitrogen and oxygen atoms in total. The Labute approximate surface area is 140 Å². The molecule has 0 aliphatic heterocycles. The second-order valence-electron chi connectivity index (χ2n) is 4.33. The van der Waals surface area contributed by atoms with Crippen molar-refractivity contribution in [1.29, 1.82) is 0 Å². The van der Waals surface area contributed by atoms with Crippen LogP contribution in [0.25, 0.3) is 22.8 Å². The second-order valence-corrected chi connectivity index (χ2v) is 6.13. The van der Waals surface area contributed by atoms with Crippen molar-refractivity contribution >= 4 is 39.7 Å². The third-order valence-electron chi connectivity index (χ3n) is 2.90. The fourth-order valence-electron chi connectivity index (χ4n) is 1.96. The highest BCUT2D eigenvalue weighted by atomic mass is 127. The molecule has 3 aromatic rings. The lowest BCUT2D eigenvalue weighted by molar-refractivity contribution is 1.10. The summed E-state index contributed by atoms with van der Waals surface area (Å²) in [5.41, 5.74) is 4.63. The quantitative estimate of drug-likeness (QED) is 0.654. The van der Waals surface area contributed by atoms with E-state index in [9.17, 15) is 0 Å². The first kappa shape index (κ1) is 14.4. The summed E-state index contributed by atoms with van der Waals surface area (Å²) < 4.78 is 1.03. The van der Waals surface area contributed by atoms with E-state index >= 15 is 0 Å². The molecule has 1 N–H and O–H groups in total. The molecule has 0 spiro atoms. The van der Waals surface area contributed by atoms with Crippen LogP contribution in [0.5, 0.6) is 0 Å². The van der Waals surface area contributed by atoms with Crippen molar-refractivity contribution in [2.75, 3.05) is 11.9 Å². The van der Waals surface area contributed by atoms with Crippen LogP contribution in [-0.4, -0.2) is 21.5 Å². The smallest absolute Gasteiger partial charge is 0.181 e. The molecular formula is C15H13IN4S. The summed E-state index contributed by atoms with van der Waals surface area (Å²) >= 11 is 3.84. The highest BCUT2D eigenvalue weighted by Gasteiger charge is 2.15. The third kappa shape index (κ3) is 3.06. The van der Waals surface area contributed by atoms with Crippen LogP contribution in [0.3, 0.4) is 0 Å². The lowest BCUT2D eigenvalue weighted by Crippen LogP contribution is -2.06. The summed E-state index contributed by atoms with van der Waals surface area (Å²) in [5, 5.41) is 5.27. The van der Waals surface area contributed by atoms with Gasteiger partial charge in [0.1, 0.15) is 11.5 Å². The van der Waals surface area contributed by atoms with Gasteiger partial charge >= 0.3 is 0 Å². The summed E-state index contributed by atoms with van der Waals surface area (Å²) in [4.78, 5) is 13.6. The zero-order chi connectivity index (χ0) is 14.7. The molecule has 0 fully saturated rings. The van der Waals surface area contributed by atoms with Gasteiger partial charge in [0.05, 0.1) is 14.8 Å². The van der Waals surface area contributed by atoms with E-state index in [1.54, 1.807) is 16.8 Å². The van der Waals surface area contributed by atoms with Crippen LogP contribution in [0.1, 0.15) is 6.92 Å². The Kier molecular flexibility index (Phi) is 4.45. The van der Waals surface area contributed by atoms with Gasteiger partial charge in [0.15, 0.2) is 5.82 Å². The molecule has 0 amide bonds. The van der Waals surface area contributed by atoms with Gasteiger partial charge < -0.3 is 5.32 Å². The largest absolute Gasteiger partial charge is 0.369 e. The van der Waals surface area contributed by atoms with Crippen LogP contribution < -0.4 is 5.32 Å². The first-order valence-corrected chi connectivity index (χ1v) is 8.57. The summed E-state index contributed by atoms with van der Waals surface area (Å²) in [6, 6.07) is 10.2. The zero-order valence-corrected chi connectivity index (χ0v) is 14.4. The number of halogens is 1. The Hall–Kier alpha value is -1.54. The summed E-state index contributed by atoms with van der Waals surface area (Å²) in [6.45, 7) is 2.88. The molecule has 2 heterocycles. The van der Waals surface area contributed by atoms with Crippen LogP contribution in [-0.2, 0) is 0 Å². The van der Waals surface area contributed by atoms with Gasteiger partial charge in [-0.25, -0.2) is 15.0 Å². The van der Waals surface area contributed by atoms with Crippen LogP contribution >= 0.6 is 33.9 Å². The maximum Gasteiger partial charge on any atom is 0.181 e. The Bertz CT molecular complexity index is 729. The van der Waals surface area contributed by atoms with E-state index in [0.29, 0.717) is 5.82 Å². The second kappa shape index (κ2) is 6.48. The SMILES string of the molecule is CCNc1nc(-c2cscn2)nc(-c2ccccc2)c1I. The molecule has 0 aliphatic rings. The van der Waals surface area contributed by atoms with E-state index in [2.05, 4.69) is 56.9 Å². The molecule has 0 atom stereocenters. The number of anilines is 1. The molecule has 0 saturated heterocycles. The topological polar surface area (TPSA) is 50.7 Å². The van der Waals surface area contributed by atoms with Crippen LogP contribution in [0.2, 0.25) is 0 Å². The highest BCUT2D eigenvalue weighted by molar-refractivity contribution is 14.1. The van der Waals surface area contributed by atoms with Gasteiger partial charge in [0, 0.05) is 17.5 Å². The number of aromatic nitrogens is 3. The van der Waals surface area contributed by atoms with Gasteiger partial charge in [-0.15, -0.1) is 11.3 Å². The van der Waals surface area contributed by atoms with E-state index in [-0.39, 0.29) is 0 Å². The van der Waals surface area contributed by atoms with Crippen molar-refractivity contribution < 1.29 is 0 Å². The van der Waals surface area contributed by atoms with Crippen molar-refractivity contribution in [3.05, 3.63) is 44.8 Å². The highest BCUT2D eigenvalue weighted by Crippen LogP contribution is 2.30. The monoisotopic (exact) mass is 408 g/mol. The van der Waals surface area contributed by atoms with E-state index in [1.807, 2.05) is 23.6 Å². The average Bonchev–Trinajstić information content (AvgIpc) is 3.05. The Morgan fingerprint density at radius 2 is 2.00 bits per heavy atom. The van der Waals surface area contributed by atoms with Crippen molar-refractivity contribution in [3.8, 4) is 22.8 Å². The number of hydrogen-bond donors (Lipinski definition) is 1. The Balaban J connectivity index is 2.18. The lowest BCUT2D eigenvalue weighted by Gasteiger charge is -2.11. The summed E-state index contributed by atoms with van der Waals surface area (Å²) in [5.74, 6) is 1.52. The van der Waals surface area contributed by atoms with E-state index in [4.69, 9.17) is 4.98 Å². The number of benzene rings is 1. The van der Waals surface area contributed by atoms with Crippen molar-refractivity contribution in [1.82, 2.24) is 15.0 Å². The van der Waals surface area contributed by atoms with Gasteiger partial charge in [0.2, 0.25) is 0 Å². The van der Waals surface area contributed by atoms with Gasteiger partial charge in [-0.3, -0.25) is 0 Å². The molecule has 106 valence electrons. The number of nitrogens with one attached hydrogen (secondary N) is 1. The minimum Gasteiger partial charge on any atom is -0.369 e. The number of hydrogen-bond acceptors (Lipinski definition) is 5. The van der Waals surface area contributed by atoms with Crippen LogP contribution in [0.15, 0.2) is 41.2 Å². The van der Waals surface area contributed by atoms with E-state index in [0.717, 1.165) is 32.9 Å². The molecule has 21 heavy (non-hydrogen) atoms. The summed E-state index contributed by atoms with van der Waals surface area (Å²) in [7, 11) is 0. The maximum absolute atomic E-state index is 4.71. The van der Waals surface area contributed by atoms with Crippen molar-refractivity contribution in [2.24, 2.45) is 0 Å². The van der Waals surface area contributed by atoms with Crippen LogP contribution in [0.4, 0.5) is 5.82 Å². The molecule has 0 radical (unpaired) electrons. The van der Waals surface area contributed by atoms with Crippen molar-refractivity contribution in [2.45, 2.75) is 6.92 Å². The number of rotatable bonds is 4. The molecule has 1 aromatic carbocycles. The molecular weight excluding hydrogens is 395 g/mol. The standard InChI is InChI=1S/C15H13IN4S/c1-2-17-15-12(16)13(10-6-4-3-5-7-10)19-14(20-15)11-8-21-9-18-11/h3-9H,2H2,1H3,(H,17,19,20). The number of thiazole rings is 1. The lowest BCUT2D eigenvalue weighted by atomic mass is 10.1. The minimum absolute atomic E-state index is 0.659. The molecule has 0 bridgehead atoms. The third-order valence-corrected chi connectivity index (χ3v) is 4.51. The van der Waals surface area contributed by atoms with Gasteiger partial charge in [-0.05, 0) is 29.5 Å². The molecule has 0 aliphatic carbocycles. The zero-order valence-electron chi connectivity index (χ0n) is 11.4. The number of nitrogens with zero attached hydrogens (tertiary/aromatic N) is 3. The molecule has 2 aromatic heterocycles. The van der Waals surface area contributed by atoms with Gasteiger partial charge in [0.25, 0.3) is 0 Å². The van der Waals surface area contributed by atoms with Gasteiger partial charge in [-0.1, -0.05) is 30.3 Å². The minimum atomic E-state index is 0.659. The van der Waals surface area contributed by atoms with Crippen molar-refractivity contribution in [3.63, 3.8) is 0 Å². The summed E-state index contributed by atoms with van der Waals surface area (Å²) in [6.07, 6.45) is 0. The van der Waals surface area contributed by atoms with E-state index < -0.39 is 0 Å². The Morgan fingerprint density at radius 1 is 1.19 bits per heavy atom. The fraction of sp³-hybridized carbons (Fsp3) is 0.133. The first-order chi connectivity index (χ1) is 10.3. The molecule has 0 saturated carbocycles. The van der Waals surface area contributed by atoms with Gasteiger partial charge in [-0.2, -0.15) is 0 Å².